The second kappa shape index (κ2) is 5.38. The number of carbonyl (C=O) groups excluding carboxylic acids is 1. The summed E-state index contributed by atoms with van der Waals surface area (Å²) in [6.45, 7) is 3.74. The van der Waals surface area contributed by atoms with Gasteiger partial charge in [-0.3, -0.25) is 4.79 Å². The highest BCUT2D eigenvalue weighted by Gasteiger charge is 1.98. The van der Waals surface area contributed by atoms with E-state index in [2.05, 4.69) is 25.1 Å². The summed E-state index contributed by atoms with van der Waals surface area (Å²) in [5.41, 5.74) is 1.28. The van der Waals surface area contributed by atoms with E-state index in [1.54, 1.807) is 6.92 Å². The average molecular weight is 188 g/mol. The molecule has 0 amide bonds. The molecule has 0 saturated heterocycles. The summed E-state index contributed by atoms with van der Waals surface area (Å²) in [6, 6.07) is 10.3. The van der Waals surface area contributed by atoms with Gasteiger partial charge in [0.15, 0.2) is 0 Å². The van der Waals surface area contributed by atoms with Gasteiger partial charge in [-0.05, 0) is 18.4 Å². The summed E-state index contributed by atoms with van der Waals surface area (Å²) in [7, 11) is 0. The van der Waals surface area contributed by atoms with Crippen molar-refractivity contribution >= 4 is 5.78 Å². The first kappa shape index (κ1) is 10.7. The fraction of sp³-hybridized carbons (Fsp3) is 0.308. The minimum Gasteiger partial charge on any atom is -0.300 e. The Balaban J connectivity index is 2.54. The van der Waals surface area contributed by atoms with Gasteiger partial charge in [0.2, 0.25) is 0 Å². The maximum atomic E-state index is 10.7. The molecule has 0 unspecified atom stereocenters. The largest absolute Gasteiger partial charge is 0.300 e. The molecule has 1 aromatic carbocycles. The number of hydrogen-bond donors (Lipinski definition) is 0. The minimum absolute atomic E-state index is 0.210. The standard InChI is InChI=1S/C13H16O/c1-11(7-6-8-12(2)14)13-9-4-3-5-10-13/h3-7,9-11H,8H2,1-2H3/b7-6-/t11-/m1/s1. The Labute approximate surface area is 85.5 Å². The molecule has 0 N–H and O–H groups in total. The number of ketones is 1. The number of carbonyl (C=O) groups is 1. The molecule has 1 rings (SSSR count). The first-order valence-electron chi connectivity index (χ1n) is 4.91. The van der Waals surface area contributed by atoms with Crippen molar-refractivity contribution in [2.75, 3.05) is 0 Å². The lowest BCUT2D eigenvalue weighted by Crippen LogP contribution is -1.89. The van der Waals surface area contributed by atoms with Crippen LogP contribution in [0.4, 0.5) is 0 Å². The van der Waals surface area contributed by atoms with E-state index in [0.29, 0.717) is 12.3 Å². The molecule has 0 heterocycles. The van der Waals surface area contributed by atoms with Crippen molar-refractivity contribution in [3.63, 3.8) is 0 Å². The molecule has 14 heavy (non-hydrogen) atoms. The van der Waals surface area contributed by atoms with Crippen LogP contribution in [0.25, 0.3) is 0 Å². The SMILES string of the molecule is CC(=O)C/C=C\[C@@H](C)c1ccccc1. The molecule has 0 saturated carbocycles. The molecule has 74 valence electrons. The molecule has 1 atom stereocenters. The van der Waals surface area contributed by atoms with Gasteiger partial charge in [-0.15, -0.1) is 0 Å². The monoisotopic (exact) mass is 188 g/mol. The molecular formula is C13H16O. The maximum absolute atomic E-state index is 10.7. The summed E-state index contributed by atoms with van der Waals surface area (Å²) in [4.78, 5) is 10.7. The normalized spacial score (nSPS) is 13.0. The number of hydrogen-bond acceptors (Lipinski definition) is 1. The van der Waals surface area contributed by atoms with Crippen LogP contribution in [0.3, 0.4) is 0 Å². The van der Waals surface area contributed by atoms with Crippen molar-refractivity contribution in [2.45, 2.75) is 26.2 Å². The van der Waals surface area contributed by atoms with Crippen LogP contribution in [0, 0.1) is 0 Å². The molecule has 0 spiro atoms. The van der Waals surface area contributed by atoms with Crippen molar-refractivity contribution in [3.8, 4) is 0 Å². The van der Waals surface area contributed by atoms with Gasteiger partial charge in [0.1, 0.15) is 5.78 Å². The first-order valence-corrected chi connectivity index (χ1v) is 4.91. The van der Waals surface area contributed by atoms with Crippen molar-refractivity contribution in [3.05, 3.63) is 48.0 Å². The number of benzene rings is 1. The molecule has 0 bridgehead atoms. The van der Waals surface area contributed by atoms with E-state index in [4.69, 9.17) is 0 Å². The van der Waals surface area contributed by atoms with Gasteiger partial charge in [0.25, 0.3) is 0 Å². The fourth-order valence-corrected chi connectivity index (χ4v) is 1.31. The molecule has 1 aromatic rings. The molecule has 0 aromatic heterocycles. The van der Waals surface area contributed by atoms with Crippen molar-refractivity contribution < 1.29 is 4.79 Å². The van der Waals surface area contributed by atoms with Crippen LogP contribution >= 0.6 is 0 Å². The van der Waals surface area contributed by atoms with E-state index in [1.165, 1.54) is 5.56 Å². The van der Waals surface area contributed by atoms with Crippen LogP contribution in [-0.4, -0.2) is 5.78 Å². The van der Waals surface area contributed by atoms with Gasteiger partial charge < -0.3 is 0 Å². The Kier molecular flexibility index (Phi) is 4.11. The second-order valence-electron chi connectivity index (χ2n) is 3.53. The zero-order valence-electron chi connectivity index (χ0n) is 8.73. The molecule has 0 aliphatic heterocycles. The Morgan fingerprint density at radius 1 is 1.36 bits per heavy atom. The highest BCUT2D eigenvalue weighted by molar-refractivity contribution is 5.76. The van der Waals surface area contributed by atoms with E-state index in [1.807, 2.05) is 24.3 Å². The molecule has 0 radical (unpaired) electrons. The van der Waals surface area contributed by atoms with Gasteiger partial charge in [-0.1, -0.05) is 49.4 Å². The van der Waals surface area contributed by atoms with Gasteiger partial charge in [-0.2, -0.15) is 0 Å². The Morgan fingerprint density at radius 3 is 2.57 bits per heavy atom. The first-order chi connectivity index (χ1) is 6.70. The molecule has 1 nitrogen and oxygen atoms in total. The fourth-order valence-electron chi connectivity index (χ4n) is 1.31. The van der Waals surface area contributed by atoms with Crippen LogP contribution in [0.15, 0.2) is 42.5 Å². The Bertz CT molecular complexity index is 311. The number of rotatable bonds is 4. The number of allylic oxidation sites excluding steroid dienone is 2. The second-order valence-corrected chi connectivity index (χ2v) is 3.53. The summed E-state index contributed by atoms with van der Waals surface area (Å²) in [5, 5.41) is 0. The van der Waals surface area contributed by atoms with Crippen LogP contribution < -0.4 is 0 Å². The summed E-state index contributed by atoms with van der Waals surface area (Å²) >= 11 is 0. The van der Waals surface area contributed by atoms with E-state index in [-0.39, 0.29) is 5.78 Å². The highest BCUT2D eigenvalue weighted by atomic mass is 16.1. The molecular weight excluding hydrogens is 172 g/mol. The van der Waals surface area contributed by atoms with E-state index < -0.39 is 0 Å². The van der Waals surface area contributed by atoms with Crippen LogP contribution in [0.2, 0.25) is 0 Å². The predicted molar refractivity (Wildman–Crippen MR) is 59.3 cm³/mol. The zero-order chi connectivity index (χ0) is 10.4. The van der Waals surface area contributed by atoms with Crippen LogP contribution in [0.1, 0.15) is 31.7 Å². The van der Waals surface area contributed by atoms with Crippen LogP contribution in [0.5, 0.6) is 0 Å². The van der Waals surface area contributed by atoms with E-state index in [0.717, 1.165) is 0 Å². The Morgan fingerprint density at radius 2 is 2.00 bits per heavy atom. The zero-order valence-corrected chi connectivity index (χ0v) is 8.73. The van der Waals surface area contributed by atoms with Crippen molar-refractivity contribution in [2.24, 2.45) is 0 Å². The lowest BCUT2D eigenvalue weighted by atomic mass is 10.0. The van der Waals surface area contributed by atoms with Gasteiger partial charge >= 0.3 is 0 Å². The third-order valence-electron chi connectivity index (χ3n) is 2.16. The van der Waals surface area contributed by atoms with Gasteiger partial charge in [-0.25, -0.2) is 0 Å². The topological polar surface area (TPSA) is 17.1 Å². The summed E-state index contributed by atoms with van der Waals surface area (Å²) in [5.74, 6) is 0.595. The Hall–Kier alpha value is -1.37. The number of Topliss-reactive ketones (excluding diaryl/α,β-unsaturated/α-hetero) is 1. The average Bonchev–Trinajstić information content (AvgIpc) is 2.18. The molecule has 0 fully saturated rings. The lowest BCUT2D eigenvalue weighted by Gasteiger charge is -2.05. The lowest BCUT2D eigenvalue weighted by molar-refractivity contribution is -0.116. The molecule has 0 aliphatic rings. The van der Waals surface area contributed by atoms with Crippen LogP contribution in [-0.2, 0) is 4.79 Å². The minimum atomic E-state index is 0.210. The smallest absolute Gasteiger partial charge is 0.133 e. The van der Waals surface area contributed by atoms with Gasteiger partial charge in [0.05, 0.1) is 0 Å². The highest BCUT2D eigenvalue weighted by Crippen LogP contribution is 2.15. The summed E-state index contributed by atoms with van der Waals surface area (Å²) < 4.78 is 0. The van der Waals surface area contributed by atoms with E-state index in [9.17, 15) is 4.79 Å². The van der Waals surface area contributed by atoms with Gasteiger partial charge in [0, 0.05) is 6.42 Å². The quantitative estimate of drug-likeness (QED) is 0.662. The predicted octanol–water partition coefficient (Wildman–Crippen LogP) is 3.33. The third kappa shape index (κ3) is 3.56. The van der Waals surface area contributed by atoms with E-state index >= 15 is 0 Å². The molecule has 0 aliphatic carbocycles. The molecule has 1 heteroatoms. The van der Waals surface area contributed by atoms with Crippen molar-refractivity contribution in [1.29, 1.82) is 0 Å². The maximum Gasteiger partial charge on any atom is 0.133 e. The third-order valence-corrected chi connectivity index (χ3v) is 2.16. The van der Waals surface area contributed by atoms with Crippen molar-refractivity contribution in [1.82, 2.24) is 0 Å². The summed E-state index contributed by atoms with van der Waals surface area (Å²) in [6.07, 6.45) is 4.56.